The number of urea groups is 1. The van der Waals surface area contributed by atoms with Crippen molar-refractivity contribution in [3.05, 3.63) is 41.3 Å². The fraction of sp³-hybridized carbons (Fsp3) is 0.267. The SMILES string of the molecule is CS(=O)(=O)N1CCCc2ccc(NC(=O)Nc3cccs3)cc21. The topological polar surface area (TPSA) is 78.5 Å². The number of rotatable bonds is 3. The molecule has 2 aromatic rings. The van der Waals surface area contributed by atoms with Crippen molar-refractivity contribution in [2.24, 2.45) is 0 Å². The van der Waals surface area contributed by atoms with E-state index in [2.05, 4.69) is 10.6 Å². The first-order chi connectivity index (χ1) is 10.9. The first kappa shape index (κ1) is 15.8. The van der Waals surface area contributed by atoms with Crippen molar-refractivity contribution in [1.82, 2.24) is 0 Å². The van der Waals surface area contributed by atoms with Gasteiger partial charge < -0.3 is 5.32 Å². The molecular weight excluding hydrogens is 334 g/mol. The molecule has 6 nitrogen and oxygen atoms in total. The average Bonchev–Trinajstić information content (AvgIpc) is 2.98. The van der Waals surface area contributed by atoms with Gasteiger partial charge in [-0.1, -0.05) is 6.07 Å². The molecule has 8 heteroatoms. The summed E-state index contributed by atoms with van der Waals surface area (Å²) < 4.78 is 25.2. The summed E-state index contributed by atoms with van der Waals surface area (Å²) in [5.41, 5.74) is 2.19. The highest BCUT2D eigenvalue weighted by molar-refractivity contribution is 7.92. The quantitative estimate of drug-likeness (QED) is 0.892. The predicted molar refractivity (Wildman–Crippen MR) is 93.9 cm³/mol. The standard InChI is InChI=1S/C15H17N3O3S2/c1-23(20,21)18-8-2-4-11-6-7-12(10-13(11)18)16-15(19)17-14-5-3-9-22-14/h3,5-7,9-10H,2,4,8H2,1H3,(H2,16,17,19). The summed E-state index contributed by atoms with van der Waals surface area (Å²) in [7, 11) is -3.32. The second-order valence-corrected chi connectivity index (χ2v) is 8.19. The lowest BCUT2D eigenvalue weighted by Crippen LogP contribution is -2.34. The molecule has 0 saturated carbocycles. The minimum Gasteiger partial charge on any atom is -0.308 e. The van der Waals surface area contributed by atoms with E-state index >= 15 is 0 Å². The lowest BCUT2D eigenvalue weighted by Gasteiger charge is -2.29. The molecule has 0 fully saturated rings. The number of sulfonamides is 1. The molecule has 1 aliphatic heterocycles. The number of anilines is 3. The molecule has 0 spiro atoms. The van der Waals surface area contributed by atoms with Crippen LogP contribution >= 0.6 is 11.3 Å². The molecule has 0 aliphatic carbocycles. The van der Waals surface area contributed by atoms with Crippen LogP contribution in [0.1, 0.15) is 12.0 Å². The Morgan fingerprint density at radius 2 is 2.09 bits per heavy atom. The lowest BCUT2D eigenvalue weighted by atomic mass is 10.0. The highest BCUT2D eigenvalue weighted by Crippen LogP contribution is 2.31. The third-order valence-electron chi connectivity index (χ3n) is 3.58. The minimum atomic E-state index is -3.32. The maximum absolute atomic E-state index is 12.0. The Labute approximate surface area is 139 Å². The van der Waals surface area contributed by atoms with Gasteiger partial charge in [0.1, 0.15) is 0 Å². The maximum atomic E-state index is 12.0. The van der Waals surface area contributed by atoms with Gasteiger partial charge in [0.05, 0.1) is 16.9 Å². The second-order valence-electron chi connectivity index (χ2n) is 5.34. The van der Waals surface area contributed by atoms with Gasteiger partial charge in [0, 0.05) is 12.2 Å². The van der Waals surface area contributed by atoms with E-state index in [-0.39, 0.29) is 6.03 Å². The van der Waals surface area contributed by atoms with Gasteiger partial charge in [-0.25, -0.2) is 13.2 Å². The fourth-order valence-electron chi connectivity index (χ4n) is 2.59. The number of hydrogen-bond acceptors (Lipinski definition) is 4. The Hall–Kier alpha value is -2.06. The van der Waals surface area contributed by atoms with E-state index in [9.17, 15) is 13.2 Å². The summed E-state index contributed by atoms with van der Waals surface area (Å²) in [5, 5.41) is 8.09. The number of fused-ring (bicyclic) bond motifs is 1. The van der Waals surface area contributed by atoms with Crippen LogP contribution < -0.4 is 14.9 Å². The third kappa shape index (κ3) is 3.65. The lowest BCUT2D eigenvalue weighted by molar-refractivity contribution is 0.262. The highest BCUT2D eigenvalue weighted by Gasteiger charge is 2.24. The molecule has 2 heterocycles. The molecule has 0 atom stereocenters. The average molecular weight is 351 g/mol. The number of hydrogen-bond donors (Lipinski definition) is 2. The number of benzene rings is 1. The van der Waals surface area contributed by atoms with Gasteiger partial charge >= 0.3 is 6.03 Å². The van der Waals surface area contributed by atoms with E-state index in [4.69, 9.17) is 0 Å². The molecule has 1 aliphatic rings. The highest BCUT2D eigenvalue weighted by atomic mass is 32.2. The number of carbonyl (C=O) groups excluding carboxylic acids is 1. The molecule has 1 aromatic heterocycles. The van der Waals surface area contributed by atoms with Crippen LogP contribution in [0.5, 0.6) is 0 Å². The number of amides is 2. The molecule has 0 radical (unpaired) electrons. The molecule has 0 saturated heterocycles. The van der Waals surface area contributed by atoms with Crippen LogP contribution in [-0.2, 0) is 16.4 Å². The minimum absolute atomic E-state index is 0.353. The predicted octanol–water partition coefficient (Wildman–Crippen LogP) is 3.10. The van der Waals surface area contributed by atoms with Crippen molar-refractivity contribution in [3.8, 4) is 0 Å². The van der Waals surface area contributed by atoms with E-state index in [0.717, 1.165) is 23.4 Å². The monoisotopic (exact) mass is 351 g/mol. The summed E-state index contributed by atoms with van der Waals surface area (Å²) in [5.74, 6) is 0. The summed E-state index contributed by atoms with van der Waals surface area (Å²) in [6, 6.07) is 8.68. The smallest absolute Gasteiger partial charge is 0.308 e. The summed E-state index contributed by atoms with van der Waals surface area (Å²) in [6.45, 7) is 0.469. The third-order valence-corrected chi connectivity index (χ3v) is 5.54. The fourth-order valence-corrected chi connectivity index (χ4v) is 4.19. The van der Waals surface area contributed by atoms with Crippen molar-refractivity contribution >= 4 is 43.8 Å². The molecule has 0 unspecified atom stereocenters. The van der Waals surface area contributed by atoms with E-state index < -0.39 is 10.0 Å². The zero-order valence-corrected chi connectivity index (χ0v) is 14.2. The molecule has 3 rings (SSSR count). The van der Waals surface area contributed by atoms with Crippen LogP contribution in [0.25, 0.3) is 0 Å². The first-order valence-electron chi connectivity index (χ1n) is 7.15. The van der Waals surface area contributed by atoms with Gasteiger partial charge in [0.25, 0.3) is 0 Å². The van der Waals surface area contributed by atoms with E-state index in [1.54, 1.807) is 12.1 Å². The van der Waals surface area contributed by atoms with Gasteiger partial charge in [-0.3, -0.25) is 9.62 Å². The van der Waals surface area contributed by atoms with Gasteiger partial charge in [-0.2, -0.15) is 0 Å². The number of aryl methyl sites for hydroxylation is 1. The zero-order chi connectivity index (χ0) is 16.4. The largest absolute Gasteiger partial charge is 0.324 e. The Morgan fingerprint density at radius 1 is 1.26 bits per heavy atom. The number of carbonyl (C=O) groups is 1. The summed E-state index contributed by atoms with van der Waals surface area (Å²) in [4.78, 5) is 12.0. The molecule has 122 valence electrons. The first-order valence-corrected chi connectivity index (χ1v) is 9.88. The van der Waals surface area contributed by atoms with E-state index in [1.165, 1.54) is 21.9 Å². The van der Waals surface area contributed by atoms with Crippen molar-refractivity contribution in [3.63, 3.8) is 0 Å². The van der Waals surface area contributed by atoms with Crippen molar-refractivity contribution in [2.45, 2.75) is 12.8 Å². The molecule has 2 N–H and O–H groups in total. The van der Waals surface area contributed by atoms with Crippen LogP contribution in [0.15, 0.2) is 35.7 Å². The van der Waals surface area contributed by atoms with Crippen molar-refractivity contribution < 1.29 is 13.2 Å². The molecule has 23 heavy (non-hydrogen) atoms. The van der Waals surface area contributed by atoms with Crippen molar-refractivity contribution in [2.75, 3.05) is 27.7 Å². The number of nitrogens with one attached hydrogen (secondary N) is 2. The Kier molecular flexibility index (Phi) is 4.27. The van der Waals surface area contributed by atoms with Crippen LogP contribution in [0.3, 0.4) is 0 Å². The molecule has 1 aromatic carbocycles. The van der Waals surface area contributed by atoms with Crippen LogP contribution in [-0.4, -0.2) is 27.2 Å². The summed E-state index contributed by atoms with van der Waals surface area (Å²) in [6.07, 6.45) is 2.83. The normalized spacial score (nSPS) is 14.2. The number of nitrogens with zero attached hydrogens (tertiary/aromatic N) is 1. The Balaban J connectivity index is 1.81. The summed E-state index contributed by atoms with van der Waals surface area (Å²) >= 11 is 1.43. The Morgan fingerprint density at radius 3 is 2.78 bits per heavy atom. The molecule has 0 bridgehead atoms. The van der Waals surface area contributed by atoms with Crippen LogP contribution in [0.4, 0.5) is 21.2 Å². The maximum Gasteiger partial charge on any atom is 0.324 e. The van der Waals surface area contributed by atoms with Crippen LogP contribution in [0.2, 0.25) is 0 Å². The Bertz CT molecular complexity index is 816. The van der Waals surface area contributed by atoms with Crippen molar-refractivity contribution in [1.29, 1.82) is 0 Å². The molecular formula is C15H17N3O3S2. The van der Waals surface area contributed by atoms with E-state index in [0.29, 0.717) is 17.9 Å². The van der Waals surface area contributed by atoms with E-state index in [1.807, 2.05) is 23.6 Å². The number of thiophene rings is 1. The zero-order valence-electron chi connectivity index (χ0n) is 12.6. The second kappa shape index (κ2) is 6.21. The van der Waals surface area contributed by atoms with Gasteiger partial charge in [0.15, 0.2) is 0 Å². The van der Waals surface area contributed by atoms with Gasteiger partial charge in [-0.15, -0.1) is 11.3 Å². The van der Waals surface area contributed by atoms with Gasteiger partial charge in [-0.05, 0) is 48.1 Å². The van der Waals surface area contributed by atoms with Crippen LogP contribution in [0, 0.1) is 0 Å². The molecule has 2 amide bonds. The van der Waals surface area contributed by atoms with Gasteiger partial charge in [0.2, 0.25) is 10.0 Å².